The summed E-state index contributed by atoms with van der Waals surface area (Å²) in [7, 11) is 0. The zero-order chi connectivity index (χ0) is 25.1. The lowest BCUT2D eigenvalue weighted by Gasteiger charge is -2.35. The first-order valence-electron chi connectivity index (χ1n) is 11.3. The number of thiol groups is 1. The molecule has 0 bridgehead atoms. The van der Waals surface area contributed by atoms with E-state index in [-0.39, 0.29) is 29.5 Å². The van der Waals surface area contributed by atoms with Crippen LogP contribution in [-0.4, -0.2) is 57.4 Å². The van der Waals surface area contributed by atoms with Gasteiger partial charge in [0.2, 0.25) is 11.8 Å². The number of carbonyl (C=O) groups is 3. The van der Waals surface area contributed by atoms with Crippen molar-refractivity contribution in [1.82, 2.24) is 15.5 Å². The molecule has 0 heterocycles. The molecule has 1 saturated carbocycles. The van der Waals surface area contributed by atoms with E-state index in [1.165, 1.54) is 4.90 Å². The van der Waals surface area contributed by atoms with E-state index in [0.717, 1.165) is 6.42 Å². The molecule has 33 heavy (non-hydrogen) atoms. The molecule has 8 nitrogen and oxygen atoms in total. The van der Waals surface area contributed by atoms with Gasteiger partial charge in [-0.05, 0) is 59.4 Å². The number of amides is 3. The molecule has 0 aromatic heterocycles. The summed E-state index contributed by atoms with van der Waals surface area (Å²) >= 11 is 4.28. The molecule has 1 fully saturated rings. The first kappa shape index (κ1) is 26.8. The third-order valence-corrected chi connectivity index (χ3v) is 5.74. The van der Waals surface area contributed by atoms with Crippen LogP contribution in [0, 0.1) is 12.8 Å². The number of para-hydroxylation sites is 1. The minimum atomic E-state index is -1.06. The van der Waals surface area contributed by atoms with Crippen molar-refractivity contribution in [2.75, 3.05) is 5.75 Å². The van der Waals surface area contributed by atoms with Gasteiger partial charge in [0.1, 0.15) is 23.4 Å². The highest BCUT2D eigenvalue weighted by molar-refractivity contribution is 7.80. The van der Waals surface area contributed by atoms with E-state index >= 15 is 0 Å². The molecule has 0 saturated heterocycles. The maximum Gasteiger partial charge on any atom is 0.408 e. The normalized spacial score (nSPS) is 19.4. The Hall–Kier alpha value is -2.42. The van der Waals surface area contributed by atoms with Crippen LogP contribution in [0.4, 0.5) is 4.79 Å². The van der Waals surface area contributed by atoms with Gasteiger partial charge in [-0.3, -0.25) is 9.59 Å². The number of hydrogen-bond donors (Lipinski definition) is 4. The fourth-order valence-corrected chi connectivity index (χ4v) is 3.92. The lowest BCUT2D eigenvalue weighted by molar-refractivity contribution is -0.143. The Morgan fingerprint density at radius 3 is 2.33 bits per heavy atom. The number of carbonyl (C=O) groups excluding carboxylic acids is 3. The summed E-state index contributed by atoms with van der Waals surface area (Å²) in [6.45, 7) is 12.6. The first-order chi connectivity index (χ1) is 15.3. The van der Waals surface area contributed by atoms with Crippen LogP contribution in [-0.2, 0) is 14.3 Å². The van der Waals surface area contributed by atoms with Crippen molar-refractivity contribution in [3.8, 4) is 5.75 Å². The second-order valence-corrected chi connectivity index (χ2v) is 10.4. The highest BCUT2D eigenvalue weighted by Crippen LogP contribution is 2.42. The maximum atomic E-state index is 13.7. The summed E-state index contributed by atoms with van der Waals surface area (Å²) in [6, 6.07) is 2.70. The largest absolute Gasteiger partial charge is 0.507 e. The second-order valence-electron chi connectivity index (χ2n) is 9.99. The van der Waals surface area contributed by atoms with Crippen LogP contribution in [0.3, 0.4) is 0 Å². The van der Waals surface area contributed by atoms with Crippen LogP contribution < -0.4 is 10.6 Å². The molecule has 0 spiro atoms. The van der Waals surface area contributed by atoms with E-state index in [2.05, 4.69) is 23.3 Å². The Labute approximate surface area is 201 Å². The molecule has 4 unspecified atom stereocenters. The van der Waals surface area contributed by atoms with Gasteiger partial charge >= 0.3 is 6.09 Å². The van der Waals surface area contributed by atoms with Gasteiger partial charge in [-0.2, -0.15) is 12.6 Å². The van der Waals surface area contributed by atoms with Gasteiger partial charge in [0.25, 0.3) is 0 Å². The molecule has 1 aliphatic rings. The predicted octanol–water partition coefficient (Wildman–Crippen LogP) is 3.33. The molecule has 0 aliphatic heterocycles. The van der Waals surface area contributed by atoms with Crippen molar-refractivity contribution in [1.29, 1.82) is 0 Å². The topological polar surface area (TPSA) is 108 Å². The number of benzene rings is 1. The smallest absolute Gasteiger partial charge is 0.408 e. The van der Waals surface area contributed by atoms with E-state index in [1.807, 2.05) is 20.8 Å². The van der Waals surface area contributed by atoms with Crippen LogP contribution in [0.5, 0.6) is 5.75 Å². The zero-order valence-corrected chi connectivity index (χ0v) is 21.4. The number of phenols is 1. The fourth-order valence-electron chi connectivity index (χ4n) is 3.67. The van der Waals surface area contributed by atoms with Crippen LogP contribution in [0.15, 0.2) is 18.2 Å². The van der Waals surface area contributed by atoms with Gasteiger partial charge in [0.15, 0.2) is 0 Å². The molecule has 3 N–H and O–H groups in total. The minimum absolute atomic E-state index is 0.0218. The number of phenolic OH excluding ortho intramolecular Hbond substituents is 1. The highest BCUT2D eigenvalue weighted by Gasteiger charge is 2.48. The Bertz CT molecular complexity index is 883. The number of nitrogens with one attached hydrogen (secondary N) is 2. The molecular weight excluding hydrogens is 442 g/mol. The van der Waals surface area contributed by atoms with Gasteiger partial charge in [-0.15, -0.1) is 0 Å². The zero-order valence-electron chi connectivity index (χ0n) is 20.5. The third-order valence-electron chi connectivity index (χ3n) is 5.37. The minimum Gasteiger partial charge on any atom is -0.507 e. The summed E-state index contributed by atoms with van der Waals surface area (Å²) in [5.41, 5.74) is 0.214. The number of aromatic hydroxyl groups is 1. The summed E-state index contributed by atoms with van der Waals surface area (Å²) in [5, 5.41) is 16.3. The van der Waals surface area contributed by atoms with E-state index in [1.54, 1.807) is 45.9 Å². The summed E-state index contributed by atoms with van der Waals surface area (Å²) in [6.07, 6.45) is -0.0181. The van der Waals surface area contributed by atoms with E-state index in [9.17, 15) is 19.5 Å². The molecule has 1 aliphatic carbocycles. The molecule has 0 radical (unpaired) electrons. The molecule has 2 rings (SSSR count). The maximum absolute atomic E-state index is 13.7. The number of nitrogens with zero attached hydrogens (tertiary/aromatic N) is 1. The second kappa shape index (κ2) is 10.7. The molecule has 1 aromatic rings. The summed E-state index contributed by atoms with van der Waals surface area (Å²) in [4.78, 5) is 41.0. The summed E-state index contributed by atoms with van der Waals surface area (Å²) in [5.74, 6) is -0.676. The van der Waals surface area contributed by atoms with E-state index < -0.39 is 35.6 Å². The lowest BCUT2D eigenvalue weighted by Crippen LogP contribution is -2.55. The van der Waals surface area contributed by atoms with Gasteiger partial charge < -0.3 is 25.4 Å². The Balaban J connectivity index is 2.48. The molecule has 9 heteroatoms. The average molecular weight is 480 g/mol. The van der Waals surface area contributed by atoms with Gasteiger partial charge in [0.05, 0.1) is 0 Å². The number of hydrogen-bond acceptors (Lipinski definition) is 6. The number of ether oxygens (including phenoxy) is 1. The standard InChI is InChI=1S/C24H37N3O5S/c1-13(2)25-21(29)19(16-10-8-9-14(3)20(16)28)27(18-11-15(18)4)22(30)17(12-33)26-23(31)32-24(5,6)7/h8-10,13,15,17-19,28,33H,11-12H2,1-7H3,(H,25,29)(H,26,31). The van der Waals surface area contributed by atoms with Crippen molar-refractivity contribution in [3.05, 3.63) is 29.3 Å². The number of rotatable bonds is 8. The predicted molar refractivity (Wildman–Crippen MR) is 130 cm³/mol. The molecular formula is C24H37N3O5S. The molecule has 184 valence electrons. The lowest BCUT2D eigenvalue weighted by atomic mass is 9.98. The number of aryl methyl sites for hydroxylation is 1. The third kappa shape index (κ3) is 7.03. The van der Waals surface area contributed by atoms with Crippen LogP contribution >= 0.6 is 12.6 Å². The van der Waals surface area contributed by atoms with Gasteiger partial charge in [0, 0.05) is 23.4 Å². The number of alkyl carbamates (subject to hydrolysis) is 1. The van der Waals surface area contributed by atoms with Crippen LogP contribution in [0.25, 0.3) is 0 Å². The van der Waals surface area contributed by atoms with Gasteiger partial charge in [-0.25, -0.2) is 4.79 Å². The quantitative estimate of drug-likeness (QED) is 0.428. The van der Waals surface area contributed by atoms with Crippen molar-refractivity contribution in [3.63, 3.8) is 0 Å². The highest BCUT2D eigenvalue weighted by atomic mass is 32.1. The molecule has 3 amide bonds. The molecule has 4 atom stereocenters. The Morgan fingerprint density at radius 2 is 1.85 bits per heavy atom. The van der Waals surface area contributed by atoms with E-state index in [0.29, 0.717) is 11.1 Å². The van der Waals surface area contributed by atoms with Crippen LogP contribution in [0.1, 0.15) is 65.1 Å². The first-order valence-corrected chi connectivity index (χ1v) is 11.9. The van der Waals surface area contributed by atoms with E-state index in [4.69, 9.17) is 4.74 Å². The van der Waals surface area contributed by atoms with Crippen LogP contribution in [0.2, 0.25) is 0 Å². The Kier molecular flexibility index (Phi) is 8.68. The monoisotopic (exact) mass is 479 g/mol. The van der Waals surface area contributed by atoms with Crippen molar-refractivity contribution >= 4 is 30.5 Å². The fraction of sp³-hybridized carbons (Fsp3) is 0.625. The van der Waals surface area contributed by atoms with Crippen molar-refractivity contribution < 1.29 is 24.2 Å². The van der Waals surface area contributed by atoms with Crippen molar-refractivity contribution in [2.45, 2.75) is 84.7 Å². The summed E-state index contributed by atoms with van der Waals surface area (Å²) < 4.78 is 5.30. The average Bonchev–Trinajstić information content (AvgIpc) is 3.40. The SMILES string of the molecule is Cc1cccc(C(C(=O)NC(C)C)N(C(=O)C(CS)NC(=O)OC(C)(C)C)C2CC2C)c1O. The Morgan fingerprint density at radius 1 is 1.24 bits per heavy atom. The molecule has 1 aromatic carbocycles. The van der Waals surface area contributed by atoms with Crippen molar-refractivity contribution in [2.24, 2.45) is 5.92 Å². The van der Waals surface area contributed by atoms with Gasteiger partial charge in [-0.1, -0.05) is 25.1 Å².